The number of carbonyl (C=O) groups excluding carboxylic acids is 5. The molecule has 39 heavy (non-hydrogen) atoms. The van der Waals surface area contributed by atoms with E-state index in [1.54, 1.807) is 34.6 Å². The van der Waals surface area contributed by atoms with Gasteiger partial charge in [-0.05, 0) is 47.5 Å². The van der Waals surface area contributed by atoms with E-state index in [1.165, 1.54) is 32.6 Å². The molecule has 2 rings (SSSR count). The van der Waals surface area contributed by atoms with Crippen LogP contribution in [0.5, 0.6) is 0 Å². The lowest BCUT2D eigenvalue weighted by Crippen LogP contribution is -2.66. The molecule has 6 atom stereocenters. The first-order chi connectivity index (χ1) is 17.9. The zero-order valence-electron chi connectivity index (χ0n) is 24.2. The Morgan fingerprint density at radius 2 is 1.49 bits per heavy atom. The van der Waals surface area contributed by atoms with Gasteiger partial charge >= 0.3 is 24.0 Å². The molecule has 0 unspecified atom stereocenters. The molecule has 13 nitrogen and oxygen atoms in total. The van der Waals surface area contributed by atoms with Crippen LogP contribution in [-0.4, -0.2) is 95.8 Å². The minimum Gasteiger partial charge on any atom is -0.463 e. The van der Waals surface area contributed by atoms with Gasteiger partial charge in [0.15, 0.2) is 12.2 Å². The van der Waals surface area contributed by atoms with Crippen LogP contribution in [0.4, 0.5) is 4.79 Å². The van der Waals surface area contributed by atoms with Crippen molar-refractivity contribution in [2.24, 2.45) is 0 Å². The Morgan fingerprint density at radius 3 is 2.00 bits per heavy atom. The first-order valence-electron chi connectivity index (χ1n) is 13.0. The molecule has 0 saturated carbocycles. The molecule has 2 aliphatic rings. The van der Waals surface area contributed by atoms with Crippen molar-refractivity contribution in [2.45, 2.75) is 123 Å². The summed E-state index contributed by atoms with van der Waals surface area (Å²) in [6.07, 6.45) is -3.94. The van der Waals surface area contributed by atoms with E-state index in [4.69, 9.17) is 28.4 Å². The van der Waals surface area contributed by atoms with Crippen molar-refractivity contribution in [2.75, 3.05) is 13.2 Å². The summed E-state index contributed by atoms with van der Waals surface area (Å²) in [5.41, 5.74) is -1.63. The molecule has 2 heterocycles. The molecular weight excluding hydrogens is 516 g/mol. The molecule has 0 radical (unpaired) electrons. The third kappa shape index (κ3) is 9.34. The van der Waals surface area contributed by atoms with Gasteiger partial charge in [-0.15, -0.1) is 0 Å². The molecule has 2 fully saturated rings. The van der Waals surface area contributed by atoms with Gasteiger partial charge in [-0.2, -0.15) is 0 Å². The van der Waals surface area contributed by atoms with Gasteiger partial charge in [0, 0.05) is 27.7 Å². The van der Waals surface area contributed by atoms with E-state index >= 15 is 0 Å². The summed E-state index contributed by atoms with van der Waals surface area (Å²) >= 11 is 0. The van der Waals surface area contributed by atoms with Crippen LogP contribution >= 0.6 is 0 Å². The first-order valence-corrected chi connectivity index (χ1v) is 13.0. The Bertz CT molecular complexity index is 929. The van der Waals surface area contributed by atoms with E-state index in [0.29, 0.717) is 6.42 Å². The number of esters is 3. The van der Waals surface area contributed by atoms with Crippen molar-refractivity contribution in [3.05, 3.63) is 0 Å². The highest BCUT2D eigenvalue weighted by Crippen LogP contribution is 2.34. The minimum atomic E-state index is -1.16. The van der Waals surface area contributed by atoms with Crippen molar-refractivity contribution in [1.82, 2.24) is 10.2 Å². The molecule has 0 aromatic rings. The average Bonchev–Trinajstić information content (AvgIpc) is 3.06. The fraction of sp³-hybridized carbons (Fsp3) is 0.808. The minimum absolute atomic E-state index is 0.240. The molecule has 0 aromatic heterocycles. The lowest BCUT2D eigenvalue weighted by atomic mass is 9.89. The highest BCUT2D eigenvalue weighted by atomic mass is 16.6. The molecule has 2 saturated heterocycles. The van der Waals surface area contributed by atoms with E-state index in [2.05, 4.69) is 5.32 Å². The SMILES string of the molecule is CC(=O)N[C@@H]1[C@@H](OC(C)=O)[C@@H](OC(C)=O)[C@@H](COC(C)=O)O[C@H]1CC[C@H]1COC(C)(C)N1C(=O)OC(C)(C)C. The third-order valence-electron chi connectivity index (χ3n) is 6.17. The lowest BCUT2D eigenvalue weighted by Gasteiger charge is -2.45. The number of rotatable bonds is 8. The van der Waals surface area contributed by atoms with Crippen LogP contribution in [0.25, 0.3) is 0 Å². The number of ether oxygens (including phenoxy) is 6. The second kappa shape index (κ2) is 12.9. The molecule has 222 valence electrons. The summed E-state index contributed by atoms with van der Waals surface area (Å²) in [6.45, 7) is 13.7. The molecule has 0 spiro atoms. The number of nitrogens with one attached hydrogen (secondary N) is 1. The molecular formula is C26H42N2O11. The predicted molar refractivity (Wildman–Crippen MR) is 135 cm³/mol. The zero-order valence-corrected chi connectivity index (χ0v) is 24.2. The number of hydrogen-bond acceptors (Lipinski definition) is 11. The van der Waals surface area contributed by atoms with Crippen LogP contribution < -0.4 is 5.32 Å². The predicted octanol–water partition coefficient (Wildman–Crippen LogP) is 1.84. The van der Waals surface area contributed by atoms with Crippen LogP contribution in [0, 0.1) is 0 Å². The topological polar surface area (TPSA) is 156 Å². The smallest absolute Gasteiger partial charge is 0.412 e. The van der Waals surface area contributed by atoms with Crippen molar-refractivity contribution >= 4 is 29.9 Å². The fourth-order valence-corrected chi connectivity index (χ4v) is 4.80. The first kappa shape index (κ1) is 32.3. The van der Waals surface area contributed by atoms with E-state index < -0.39 is 71.7 Å². The summed E-state index contributed by atoms with van der Waals surface area (Å²) < 4.78 is 33.8. The quantitative estimate of drug-likeness (QED) is 0.342. The van der Waals surface area contributed by atoms with Crippen molar-refractivity contribution in [1.29, 1.82) is 0 Å². The Morgan fingerprint density at radius 1 is 0.897 bits per heavy atom. The Labute approximate surface area is 229 Å². The number of nitrogens with zero attached hydrogens (tertiary/aromatic N) is 1. The van der Waals surface area contributed by atoms with Crippen molar-refractivity contribution < 1.29 is 52.4 Å². The fourth-order valence-electron chi connectivity index (χ4n) is 4.80. The number of amides is 2. The highest BCUT2D eigenvalue weighted by Gasteiger charge is 2.51. The molecule has 0 aliphatic carbocycles. The van der Waals surface area contributed by atoms with Crippen LogP contribution in [0.15, 0.2) is 0 Å². The number of carbonyl (C=O) groups is 5. The molecule has 0 aromatic carbocycles. The normalized spacial score (nSPS) is 28.3. The van der Waals surface area contributed by atoms with E-state index in [1.807, 2.05) is 0 Å². The molecule has 1 N–H and O–H groups in total. The molecule has 2 amide bonds. The second-order valence-corrected chi connectivity index (χ2v) is 11.2. The van der Waals surface area contributed by atoms with Crippen LogP contribution in [0.1, 0.15) is 75.2 Å². The summed E-state index contributed by atoms with van der Waals surface area (Å²) in [5, 5.41) is 2.76. The van der Waals surface area contributed by atoms with Gasteiger partial charge in [-0.1, -0.05) is 0 Å². The summed E-state index contributed by atoms with van der Waals surface area (Å²) in [7, 11) is 0. The molecule has 2 aliphatic heterocycles. The zero-order chi connectivity index (χ0) is 29.7. The maximum absolute atomic E-state index is 13.0. The van der Waals surface area contributed by atoms with Gasteiger partial charge < -0.3 is 33.7 Å². The summed E-state index contributed by atoms with van der Waals surface area (Å²) in [4.78, 5) is 62.3. The largest absolute Gasteiger partial charge is 0.463 e. The van der Waals surface area contributed by atoms with E-state index in [-0.39, 0.29) is 25.7 Å². The van der Waals surface area contributed by atoms with Crippen LogP contribution in [0.2, 0.25) is 0 Å². The maximum atomic E-state index is 13.0. The maximum Gasteiger partial charge on any atom is 0.412 e. The lowest BCUT2D eigenvalue weighted by molar-refractivity contribution is -0.224. The van der Waals surface area contributed by atoms with Crippen LogP contribution in [0.3, 0.4) is 0 Å². The van der Waals surface area contributed by atoms with Crippen LogP contribution in [-0.2, 0) is 47.6 Å². The third-order valence-corrected chi connectivity index (χ3v) is 6.17. The number of hydrogen-bond donors (Lipinski definition) is 1. The van der Waals surface area contributed by atoms with Crippen molar-refractivity contribution in [3.8, 4) is 0 Å². The Hall–Kier alpha value is -2.93. The van der Waals surface area contributed by atoms with Gasteiger partial charge in [-0.3, -0.25) is 24.1 Å². The van der Waals surface area contributed by atoms with Crippen molar-refractivity contribution in [3.63, 3.8) is 0 Å². The van der Waals surface area contributed by atoms with E-state index in [0.717, 1.165) is 0 Å². The van der Waals surface area contributed by atoms with Gasteiger partial charge in [0.1, 0.15) is 24.0 Å². The summed E-state index contributed by atoms with van der Waals surface area (Å²) in [6, 6.07) is -1.30. The molecule has 0 bridgehead atoms. The van der Waals surface area contributed by atoms with E-state index in [9.17, 15) is 24.0 Å². The highest BCUT2D eigenvalue weighted by molar-refractivity contribution is 5.74. The summed E-state index contributed by atoms with van der Waals surface area (Å²) in [5.74, 6) is -2.34. The van der Waals surface area contributed by atoms with Gasteiger partial charge in [0.05, 0.1) is 24.8 Å². The van der Waals surface area contributed by atoms with Gasteiger partial charge in [0.25, 0.3) is 0 Å². The Balaban J connectivity index is 2.37. The van der Waals surface area contributed by atoms with Gasteiger partial charge in [-0.25, -0.2) is 4.79 Å². The Kier molecular flexibility index (Phi) is 10.7. The second-order valence-electron chi connectivity index (χ2n) is 11.2. The average molecular weight is 559 g/mol. The standard InChI is InChI=1S/C26H42N2O11/c1-14(29)27-21-19(11-10-18-12-35-26(8,9)28(18)24(33)39-25(5,6)7)38-20(13-34-15(2)30)22(36-16(3)31)23(21)37-17(4)32/h18-23H,10-13H2,1-9H3,(H,27,29)/t18-,19-,20+,21-,22-,23+/m0/s1. The monoisotopic (exact) mass is 558 g/mol. The van der Waals surface area contributed by atoms with Gasteiger partial charge in [0.2, 0.25) is 5.91 Å². The molecule has 13 heteroatoms.